The first-order valence-corrected chi connectivity index (χ1v) is 7.83. The molecule has 0 spiro atoms. The van der Waals surface area contributed by atoms with Crippen molar-refractivity contribution >= 4 is 5.91 Å². The van der Waals surface area contributed by atoms with Gasteiger partial charge in [0.05, 0.1) is 19.3 Å². The number of rotatable bonds is 2. The third kappa shape index (κ3) is 2.28. The zero-order chi connectivity index (χ0) is 16.1. The van der Waals surface area contributed by atoms with Gasteiger partial charge in [-0.1, -0.05) is 13.8 Å². The fourth-order valence-corrected chi connectivity index (χ4v) is 3.36. The highest BCUT2D eigenvalue weighted by atomic mass is 16.5. The number of hydrogen-bond acceptors (Lipinski definition) is 4. The van der Waals surface area contributed by atoms with Gasteiger partial charge in [-0.2, -0.15) is 0 Å². The van der Waals surface area contributed by atoms with Gasteiger partial charge >= 0.3 is 0 Å². The van der Waals surface area contributed by atoms with Crippen LogP contribution in [0.3, 0.4) is 0 Å². The van der Waals surface area contributed by atoms with Crippen molar-refractivity contribution in [3.05, 3.63) is 22.9 Å². The maximum absolute atomic E-state index is 12.9. The number of carbonyl (C=O) groups is 1. The van der Waals surface area contributed by atoms with Crippen molar-refractivity contribution in [2.45, 2.75) is 45.6 Å². The normalized spacial score (nSPS) is 26.1. The maximum Gasteiger partial charge on any atom is 0.259 e. The van der Waals surface area contributed by atoms with Crippen LogP contribution in [-0.4, -0.2) is 46.7 Å². The van der Waals surface area contributed by atoms with Crippen molar-refractivity contribution < 1.29 is 14.6 Å². The van der Waals surface area contributed by atoms with Gasteiger partial charge < -0.3 is 14.7 Å². The van der Waals surface area contributed by atoms with E-state index in [0.29, 0.717) is 24.5 Å². The summed E-state index contributed by atoms with van der Waals surface area (Å²) < 4.78 is 5.33. The molecule has 1 aromatic rings. The second-order valence-electron chi connectivity index (χ2n) is 7.32. The number of amides is 1. The molecular weight excluding hydrogens is 280 g/mol. The zero-order valence-electron chi connectivity index (χ0n) is 13.8. The molecule has 0 unspecified atom stereocenters. The highest BCUT2D eigenvalue weighted by molar-refractivity contribution is 5.97. The van der Waals surface area contributed by atoms with Gasteiger partial charge in [-0.15, -0.1) is 0 Å². The molecular formula is C17H24N2O3. The minimum Gasteiger partial charge on any atom is -0.480 e. The van der Waals surface area contributed by atoms with Crippen LogP contribution in [0.15, 0.2) is 6.07 Å². The number of methoxy groups -OCH3 is 1. The molecule has 2 heterocycles. The Hall–Kier alpha value is -1.62. The van der Waals surface area contributed by atoms with Crippen LogP contribution in [0, 0.1) is 5.41 Å². The Balaban J connectivity index is 1.93. The van der Waals surface area contributed by atoms with Crippen LogP contribution in [0.1, 0.15) is 48.8 Å². The molecule has 2 aliphatic rings. The molecule has 0 radical (unpaired) electrons. The number of aromatic nitrogens is 1. The first-order chi connectivity index (χ1) is 10.2. The lowest BCUT2D eigenvalue weighted by atomic mass is 9.79. The smallest absolute Gasteiger partial charge is 0.259 e. The number of nitrogens with zero attached hydrogens (tertiary/aromatic N) is 2. The van der Waals surface area contributed by atoms with Crippen molar-refractivity contribution in [1.29, 1.82) is 0 Å². The maximum atomic E-state index is 12.9. The van der Waals surface area contributed by atoms with Crippen LogP contribution < -0.4 is 4.74 Å². The molecule has 5 heteroatoms. The lowest BCUT2D eigenvalue weighted by Gasteiger charge is -2.30. The molecule has 1 saturated heterocycles. The second kappa shape index (κ2) is 4.95. The number of aliphatic hydroxyl groups is 1. The van der Waals surface area contributed by atoms with E-state index in [2.05, 4.69) is 4.98 Å². The van der Waals surface area contributed by atoms with E-state index in [9.17, 15) is 9.90 Å². The minimum absolute atomic E-state index is 0.107. The third-order valence-corrected chi connectivity index (χ3v) is 5.27. The summed E-state index contributed by atoms with van der Waals surface area (Å²) in [6, 6.07) is 1.93. The minimum atomic E-state index is -0.889. The van der Waals surface area contributed by atoms with Gasteiger partial charge in [-0.25, -0.2) is 4.98 Å². The van der Waals surface area contributed by atoms with Crippen molar-refractivity contribution in [1.82, 2.24) is 9.88 Å². The number of β-amino-alcohol motifs (C(OH)–C–C–N with tert-alkyl or cyclic N) is 1. The Bertz CT molecular complexity index is 607. The molecule has 3 rings (SSSR count). The highest BCUT2D eigenvalue weighted by Crippen LogP contribution is 2.39. The Kier molecular flexibility index (Phi) is 3.44. The number of likely N-dealkylation sites (tertiary alicyclic amines) is 1. The molecule has 0 bridgehead atoms. The van der Waals surface area contributed by atoms with E-state index in [1.807, 2.05) is 19.9 Å². The largest absolute Gasteiger partial charge is 0.480 e. The van der Waals surface area contributed by atoms with Gasteiger partial charge in [0.2, 0.25) is 5.88 Å². The summed E-state index contributed by atoms with van der Waals surface area (Å²) in [5, 5.41) is 10.5. The Morgan fingerprint density at radius 3 is 2.64 bits per heavy atom. The van der Waals surface area contributed by atoms with Crippen LogP contribution in [-0.2, 0) is 12.8 Å². The van der Waals surface area contributed by atoms with Crippen molar-refractivity contribution in [3.8, 4) is 5.88 Å². The summed E-state index contributed by atoms with van der Waals surface area (Å²) in [5.74, 6) is 0.292. The molecule has 120 valence electrons. The van der Waals surface area contributed by atoms with E-state index in [4.69, 9.17) is 4.74 Å². The number of ether oxygens (including phenoxy) is 1. The van der Waals surface area contributed by atoms with Crippen LogP contribution in [0.5, 0.6) is 5.88 Å². The predicted octanol–water partition coefficient (Wildman–Crippen LogP) is 1.81. The van der Waals surface area contributed by atoms with Crippen molar-refractivity contribution in [2.75, 3.05) is 20.2 Å². The number of pyridine rings is 1. The predicted molar refractivity (Wildman–Crippen MR) is 83.1 cm³/mol. The molecule has 5 nitrogen and oxygen atoms in total. The monoisotopic (exact) mass is 304 g/mol. The first-order valence-electron chi connectivity index (χ1n) is 7.83. The van der Waals surface area contributed by atoms with Gasteiger partial charge in [0.15, 0.2) is 0 Å². The Morgan fingerprint density at radius 1 is 1.32 bits per heavy atom. The van der Waals surface area contributed by atoms with Crippen molar-refractivity contribution in [3.63, 3.8) is 0 Å². The van der Waals surface area contributed by atoms with Crippen LogP contribution in [0.25, 0.3) is 0 Å². The molecule has 1 aliphatic carbocycles. The molecule has 1 N–H and O–H groups in total. The van der Waals surface area contributed by atoms with Crippen LogP contribution in [0.4, 0.5) is 0 Å². The Morgan fingerprint density at radius 2 is 2.05 bits per heavy atom. The lowest BCUT2D eigenvalue weighted by molar-refractivity contribution is -0.0108. The third-order valence-electron chi connectivity index (χ3n) is 5.27. The quantitative estimate of drug-likeness (QED) is 0.905. The van der Waals surface area contributed by atoms with E-state index < -0.39 is 5.60 Å². The van der Waals surface area contributed by atoms with E-state index in [-0.39, 0.29) is 11.3 Å². The molecule has 1 atom stereocenters. The zero-order valence-corrected chi connectivity index (χ0v) is 13.8. The Labute approximate surface area is 131 Å². The standard InChI is InChI=1S/C17H24N2O3/c1-16(2)9-19(10-17(16,3)21)15(20)12-8-11-6-5-7-13(11)18-14(12)22-4/h8,21H,5-7,9-10H2,1-4H3/t17-/m1/s1. The molecule has 0 aromatic carbocycles. The lowest BCUT2D eigenvalue weighted by Crippen LogP contribution is -2.40. The van der Waals surface area contributed by atoms with Gasteiger partial charge in [0.25, 0.3) is 5.91 Å². The van der Waals surface area contributed by atoms with E-state index >= 15 is 0 Å². The summed E-state index contributed by atoms with van der Waals surface area (Å²) in [6.45, 7) is 6.62. The first kappa shape index (κ1) is 15.3. The van der Waals surface area contributed by atoms with E-state index in [0.717, 1.165) is 30.5 Å². The molecule has 1 amide bonds. The second-order valence-corrected chi connectivity index (χ2v) is 7.32. The summed E-state index contributed by atoms with van der Waals surface area (Å²) in [7, 11) is 1.55. The number of hydrogen-bond donors (Lipinski definition) is 1. The summed E-state index contributed by atoms with van der Waals surface area (Å²) in [4.78, 5) is 19.1. The summed E-state index contributed by atoms with van der Waals surface area (Å²) >= 11 is 0. The van der Waals surface area contributed by atoms with Gasteiger partial charge in [-0.3, -0.25) is 4.79 Å². The molecule has 1 fully saturated rings. The molecule has 1 aliphatic heterocycles. The molecule has 22 heavy (non-hydrogen) atoms. The topological polar surface area (TPSA) is 62.7 Å². The van der Waals surface area contributed by atoms with Gasteiger partial charge in [0, 0.05) is 17.7 Å². The fourth-order valence-electron chi connectivity index (χ4n) is 3.36. The number of fused-ring (bicyclic) bond motifs is 1. The average Bonchev–Trinajstić information content (AvgIpc) is 2.98. The van der Waals surface area contributed by atoms with Gasteiger partial charge in [0.1, 0.15) is 5.56 Å². The average molecular weight is 304 g/mol. The number of aryl methyl sites for hydroxylation is 2. The SMILES string of the molecule is COc1nc2c(cc1C(=O)N1CC(C)(C)[C@](C)(O)C1)CCC2. The van der Waals surface area contributed by atoms with Crippen LogP contribution in [0.2, 0.25) is 0 Å². The summed E-state index contributed by atoms with van der Waals surface area (Å²) in [5.41, 5.74) is 1.48. The molecule has 1 aromatic heterocycles. The fraction of sp³-hybridized carbons (Fsp3) is 0.647. The van der Waals surface area contributed by atoms with E-state index in [1.165, 1.54) is 0 Å². The summed E-state index contributed by atoms with van der Waals surface area (Å²) in [6.07, 6.45) is 3.00. The van der Waals surface area contributed by atoms with E-state index in [1.54, 1.807) is 18.9 Å². The van der Waals surface area contributed by atoms with Gasteiger partial charge in [-0.05, 0) is 37.8 Å². The highest BCUT2D eigenvalue weighted by Gasteiger charge is 2.49. The van der Waals surface area contributed by atoms with Crippen LogP contribution >= 0.6 is 0 Å². The van der Waals surface area contributed by atoms with Crippen molar-refractivity contribution in [2.24, 2.45) is 5.41 Å². The molecule has 0 saturated carbocycles. The number of carbonyl (C=O) groups excluding carboxylic acids is 1.